The minimum absolute atomic E-state index is 0.198. The fourth-order valence-corrected chi connectivity index (χ4v) is 5.07. The Bertz CT molecular complexity index is 974. The van der Waals surface area contributed by atoms with Gasteiger partial charge in [-0.05, 0) is 24.1 Å². The number of morpholine rings is 1. The summed E-state index contributed by atoms with van der Waals surface area (Å²) >= 11 is 0. The van der Waals surface area contributed by atoms with E-state index in [1.54, 1.807) is 18.3 Å². The molecule has 0 N–H and O–H groups in total. The lowest BCUT2D eigenvalue weighted by Crippen LogP contribution is -2.37. The predicted octanol–water partition coefficient (Wildman–Crippen LogP) is 1.59. The van der Waals surface area contributed by atoms with Crippen molar-refractivity contribution in [2.45, 2.75) is 31.3 Å². The summed E-state index contributed by atoms with van der Waals surface area (Å²) in [4.78, 5) is 11.3. The third-order valence-electron chi connectivity index (χ3n) is 5.16. The van der Waals surface area contributed by atoms with Crippen LogP contribution in [0, 0.1) is 0 Å². The Morgan fingerprint density at radius 1 is 1.21 bits per heavy atom. The van der Waals surface area contributed by atoms with E-state index in [9.17, 15) is 8.42 Å². The van der Waals surface area contributed by atoms with E-state index in [4.69, 9.17) is 9.47 Å². The van der Waals surface area contributed by atoms with Crippen LogP contribution in [0.15, 0.2) is 29.3 Å². The number of rotatable bonds is 5. The van der Waals surface area contributed by atoms with E-state index in [1.807, 2.05) is 13.0 Å². The van der Waals surface area contributed by atoms with Crippen LogP contribution < -0.4 is 9.64 Å². The van der Waals surface area contributed by atoms with Gasteiger partial charge >= 0.3 is 0 Å². The lowest BCUT2D eigenvalue weighted by atomic mass is 10.2. The lowest BCUT2D eigenvalue weighted by Gasteiger charge is -2.26. The summed E-state index contributed by atoms with van der Waals surface area (Å²) in [5, 5.41) is 0. The van der Waals surface area contributed by atoms with Crippen LogP contribution in [0.5, 0.6) is 5.75 Å². The summed E-state index contributed by atoms with van der Waals surface area (Å²) in [5.41, 5.74) is 2.54. The van der Waals surface area contributed by atoms with Crippen molar-refractivity contribution in [3.63, 3.8) is 0 Å². The highest BCUT2D eigenvalue weighted by Gasteiger charge is 2.34. The molecule has 0 aliphatic carbocycles. The topological polar surface area (TPSA) is 84.9 Å². The summed E-state index contributed by atoms with van der Waals surface area (Å²) in [6.45, 7) is 5.26. The molecule has 2 aliphatic heterocycles. The molecule has 1 fully saturated rings. The van der Waals surface area contributed by atoms with Crippen LogP contribution in [0.4, 0.5) is 5.95 Å². The summed E-state index contributed by atoms with van der Waals surface area (Å²) in [7, 11) is -2.23. The SMILES string of the molecule is CCc1ccc(OC)c(S(=O)(=O)N2Cc3cnc(N4CCOCC4)nc3C2)c1. The number of fused-ring (bicyclic) bond motifs is 1. The molecule has 28 heavy (non-hydrogen) atoms. The van der Waals surface area contributed by atoms with Gasteiger partial charge in [0.2, 0.25) is 16.0 Å². The van der Waals surface area contributed by atoms with E-state index in [-0.39, 0.29) is 18.0 Å². The first-order chi connectivity index (χ1) is 13.5. The Labute approximate surface area is 165 Å². The van der Waals surface area contributed by atoms with Crippen LogP contribution in [0.1, 0.15) is 23.7 Å². The average molecular weight is 404 g/mol. The molecule has 0 radical (unpaired) electrons. The molecule has 2 aromatic rings. The van der Waals surface area contributed by atoms with Crippen molar-refractivity contribution in [2.24, 2.45) is 0 Å². The number of hydrogen-bond acceptors (Lipinski definition) is 7. The van der Waals surface area contributed by atoms with Crippen molar-refractivity contribution in [2.75, 3.05) is 38.3 Å². The van der Waals surface area contributed by atoms with E-state index >= 15 is 0 Å². The molecule has 1 aromatic carbocycles. The fourth-order valence-electron chi connectivity index (χ4n) is 3.48. The van der Waals surface area contributed by atoms with Gasteiger partial charge in [0.05, 0.1) is 32.6 Å². The number of aryl methyl sites for hydroxylation is 1. The van der Waals surface area contributed by atoms with Crippen molar-refractivity contribution < 1.29 is 17.9 Å². The quantitative estimate of drug-likeness (QED) is 0.748. The maximum atomic E-state index is 13.3. The molecule has 9 heteroatoms. The molecule has 3 heterocycles. The molecule has 1 saturated heterocycles. The number of aromatic nitrogens is 2. The molecule has 8 nitrogen and oxygen atoms in total. The second-order valence-corrected chi connectivity index (χ2v) is 8.76. The van der Waals surface area contributed by atoms with Gasteiger partial charge in [-0.15, -0.1) is 0 Å². The number of sulfonamides is 1. The fraction of sp³-hybridized carbons (Fsp3) is 0.474. The number of hydrogen-bond donors (Lipinski definition) is 0. The third-order valence-corrected chi connectivity index (χ3v) is 6.98. The van der Waals surface area contributed by atoms with E-state index < -0.39 is 10.0 Å². The molecule has 1 aromatic heterocycles. The number of ether oxygens (including phenoxy) is 2. The van der Waals surface area contributed by atoms with Crippen molar-refractivity contribution in [1.29, 1.82) is 0 Å². The molecular formula is C19H24N4O4S. The number of benzene rings is 1. The van der Waals surface area contributed by atoms with E-state index in [0.29, 0.717) is 24.9 Å². The summed E-state index contributed by atoms with van der Waals surface area (Å²) in [6.07, 6.45) is 2.49. The van der Waals surface area contributed by atoms with Gasteiger partial charge in [-0.2, -0.15) is 4.31 Å². The van der Waals surface area contributed by atoms with E-state index in [0.717, 1.165) is 36.3 Å². The normalized spacial score (nSPS) is 17.6. The molecular weight excluding hydrogens is 380 g/mol. The van der Waals surface area contributed by atoms with Crippen LogP contribution >= 0.6 is 0 Å². The van der Waals surface area contributed by atoms with Crippen LogP contribution in [0.3, 0.4) is 0 Å². The van der Waals surface area contributed by atoms with Crippen LogP contribution in [0.2, 0.25) is 0 Å². The molecule has 0 saturated carbocycles. The first-order valence-corrected chi connectivity index (χ1v) is 10.8. The highest BCUT2D eigenvalue weighted by molar-refractivity contribution is 7.89. The Morgan fingerprint density at radius 3 is 2.71 bits per heavy atom. The Balaban J connectivity index is 1.62. The highest BCUT2D eigenvalue weighted by atomic mass is 32.2. The Morgan fingerprint density at radius 2 is 2.00 bits per heavy atom. The minimum Gasteiger partial charge on any atom is -0.495 e. The zero-order valence-electron chi connectivity index (χ0n) is 16.1. The molecule has 0 unspecified atom stereocenters. The average Bonchev–Trinajstić information content (AvgIpc) is 3.18. The molecule has 150 valence electrons. The first kappa shape index (κ1) is 19.1. The smallest absolute Gasteiger partial charge is 0.247 e. The van der Waals surface area contributed by atoms with Crippen molar-refractivity contribution in [1.82, 2.24) is 14.3 Å². The first-order valence-electron chi connectivity index (χ1n) is 9.37. The predicted molar refractivity (Wildman–Crippen MR) is 104 cm³/mol. The van der Waals surface area contributed by atoms with Gasteiger partial charge in [-0.3, -0.25) is 0 Å². The van der Waals surface area contributed by atoms with E-state index in [2.05, 4.69) is 14.9 Å². The van der Waals surface area contributed by atoms with Crippen molar-refractivity contribution in [3.8, 4) is 5.75 Å². The molecule has 0 amide bonds. The molecule has 0 spiro atoms. The summed E-state index contributed by atoms with van der Waals surface area (Å²) in [5.74, 6) is 0.986. The zero-order chi connectivity index (χ0) is 19.7. The molecule has 0 bridgehead atoms. The monoisotopic (exact) mass is 404 g/mol. The van der Waals surface area contributed by atoms with Crippen LogP contribution in [0.25, 0.3) is 0 Å². The summed E-state index contributed by atoms with van der Waals surface area (Å²) in [6, 6.07) is 5.30. The second-order valence-electron chi connectivity index (χ2n) is 6.85. The lowest BCUT2D eigenvalue weighted by molar-refractivity contribution is 0.122. The van der Waals surface area contributed by atoms with Gasteiger partial charge < -0.3 is 14.4 Å². The highest BCUT2D eigenvalue weighted by Crippen LogP contribution is 2.33. The number of anilines is 1. The maximum Gasteiger partial charge on any atom is 0.247 e. The van der Waals surface area contributed by atoms with Gasteiger partial charge in [0, 0.05) is 31.4 Å². The van der Waals surface area contributed by atoms with E-state index in [1.165, 1.54) is 11.4 Å². The van der Waals surface area contributed by atoms with Crippen LogP contribution in [-0.2, 0) is 34.3 Å². The van der Waals surface area contributed by atoms with Gasteiger partial charge in [-0.25, -0.2) is 18.4 Å². The standard InChI is InChI=1S/C19H24N4O4S/c1-3-14-4-5-17(26-2)18(10-14)28(24,25)23-12-15-11-20-19(21-16(15)13-23)22-6-8-27-9-7-22/h4-5,10-11H,3,6-9,12-13H2,1-2H3. The van der Waals surface area contributed by atoms with Gasteiger partial charge in [0.1, 0.15) is 10.6 Å². The van der Waals surface area contributed by atoms with Gasteiger partial charge in [0.25, 0.3) is 0 Å². The van der Waals surface area contributed by atoms with Crippen LogP contribution in [-0.4, -0.2) is 56.1 Å². The number of nitrogens with zero attached hydrogens (tertiary/aromatic N) is 4. The zero-order valence-corrected chi connectivity index (χ0v) is 16.9. The Kier molecular flexibility index (Phi) is 5.22. The molecule has 0 atom stereocenters. The minimum atomic E-state index is -3.71. The van der Waals surface area contributed by atoms with Crippen molar-refractivity contribution in [3.05, 3.63) is 41.2 Å². The maximum absolute atomic E-state index is 13.3. The van der Waals surface area contributed by atoms with Crippen molar-refractivity contribution >= 4 is 16.0 Å². The molecule has 2 aliphatic rings. The Hall–Kier alpha value is -2.23. The van der Waals surface area contributed by atoms with Gasteiger partial charge in [0.15, 0.2) is 0 Å². The number of methoxy groups -OCH3 is 1. The third kappa shape index (κ3) is 3.45. The van der Waals surface area contributed by atoms with Gasteiger partial charge in [-0.1, -0.05) is 13.0 Å². The molecule has 4 rings (SSSR count). The summed E-state index contributed by atoms with van der Waals surface area (Å²) < 4.78 is 38.7. The largest absolute Gasteiger partial charge is 0.495 e. The second kappa shape index (κ2) is 7.65.